The topological polar surface area (TPSA) is 6.48 Å². The second-order valence-electron chi connectivity index (χ2n) is 8.54. The summed E-state index contributed by atoms with van der Waals surface area (Å²) in [6.45, 7) is 0. The molecule has 0 spiro atoms. The molecule has 1 aliphatic rings. The standard InChI is InChI=1S/C30H30N2/c1-5-13-25(14-6-1)31(26-15-7-2-8-16-26)29-21-23-30(24-22-29)32(27-17-9-3-10-18-27)28-19-11-4-12-20-28/h1-20,29-30H,21-24H2. The molecule has 5 rings (SSSR count). The van der Waals surface area contributed by atoms with Crippen molar-refractivity contribution >= 4 is 22.7 Å². The van der Waals surface area contributed by atoms with Crippen molar-refractivity contribution in [2.45, 2.75) is 37.8 Å². The predicted molar refractivity (Wildman–Crippen MR) is 136 cm³/mol. The van der Waals surface area contributed by atoms with Crippen LogP contribution in [0.3, 0.4) is 0 Å². The highest BCUT2D eigenvalue weighted by atomic mass is 15.2. The molecule has 32 heavy (non-hydrogen) atoms. The van der Waals surface area contributed by atoms with Crippen LogP contribution >= 0.6 is 0 Å². The van der Waals surface area contributed by atoms with Gasteiger partial charge in [0.1, 0.15) is 0 Å². The van der Waals surface area contributed by atoms with Crippen molar-refractivity contribution in [3.8, 4) is 0 Å². The molecule has 0 aliphatic heterocycles. The number of anilines is 4. The zero-order chi connectivity index (χ0) is 21.6. The monoisotopic (exact) mass is 418 g/mol. The van der Waals surface area contributed by atoms with Crippen molar-refractivity contribution in [3.05, 3.63) is 121 Å². The molecule has 160 valence electrons. The van der Waals surface area contributed by atoms with Crippen molar-refractivity contribution in [1.29, 1.82) is 0 Å². The van der Waals surface area contributed by atoms with Gasteiger partial charge in [-0.3, -0.25) is 0 Å². The lowest BCUT2D eigenvalue weighted by Gasteiger charge is -2.42. The van der Waals surface area contributed by atoms with E-state index in [1.807, 2.05) is 0 Å². The summed E-state index contributed by atoms with van der Waals surface area (Å²) in [5.74, 6) is 0. The fraction of sp³-hybridized carbons (Fsp3) is 0.200. The SMILES string of the molecule is c1ccc(N(c2ccccc2)C2CCC(N(c3ccccc3)c3ccccc3)CC2)cc1. The van der Waals surface area contributed by atoms with Gasteiger partial charge < -0.3 is 9.80 Å². The van der Waals surface area contributed by atoms with E-state index in [-0.39, 0.29) is 0 Å². The van der Waals surface area contributed by atoms with E-state index in [2.05, 4.69) is 131 Å². The molecule has 1 fully saturated rings. The van der Waals surface area contributed by atoms with Gasteiger partial charge in [0.25, 0.3) is 0 Å². The van der Waals surface area contributed by atoms with Crippen molar-refractivity contribution in [2.75, 3.05) is 9.80 Å². The Morgan fingerprint density at radius 2 is 0.562 bits per heavy atom. The van der Waals surface area contributed by atoms with E-state index < -0.39 is 0 Å². The fourth-order valence-electron chi connectivity index (χ4n) is 5.07. The molecule has 0 heterocycles. The first-order chi connectivity index (χ1) is 15.9. The molecular formula is C30H30N2. The van der Waals surface area contributed by atoms with E-state index in [4.69, 9.17) is 0 Å². The van der Waals surface area contributed by atoms with Crippen LogP contribution in [0.5, 0.6) is 0 Å². The van der Waals surface area contributed by atoms with Crippen molar-refractivity contribution in [2.24, 2.45) is 0 Å². The van der Waals surface area contributed by atoms with Crippen LogP contribution in [0.25, 0.3) is 0 Å². The quantitative estimate of drug-likeness (QED) is 0.313. The summed E-state index contributed by atoms with van der Waals surface area (Å²) in [4.78, 5) is 5.09. The second kappa shape index (κ2) is 9.74. The number of benzene rings is 4. The zero-order valence-corrected chi connectivity index (χ0v) is 18.4. The van der Waals surface area contributed by atoms with Crippen LogP contribution in [-0.2, 0) is 0 Å². The van der Waals surface area contributed by atoms with E-state index in [9.17, 15) is 0 Å². The number of hydrogen-bond donors (Lipinski definition) is 0. The smallest absolute Gasteiger partial charge is 0.0413 e. The van der Waals surface area contributed by atoms with Gasteiger partial charge in [0, 0.05) is 34.8 Å². The van der Waals surface area contributed by atoms with Gasteiger partial charge in [-0.1, -0.05) is 72.8 Å². The fourth-order valence-corrected chi connectivity index (χ4v) is 5.07. The molecule has 0 aromatic heterocycles. The molecule has 1 saturated carbocycles. The van der Waals surface area contributed by atoms with Crippen LogP contribution < -0.4 is 9.80 Å². The third-order valence-corrected chi connectivity index (χ3v) is 6.53. The Bertz CT molecular complexity index is 903. The first kappa shape index (κ1) is 20.4. The normalized spacial score (nSPS) is 18.1. The van der Waals surface area contributed by atoms with E-state index >= 15 is 0 Å². The average Bonchev–Trinajstić information content (AvgIpc) is 2.88. The summed E-state index contributed by atoms with van der Waals surface area (Å²) in [6.07, 6.45) is 4.69. The molecule has 2 nitrogen and oxygen atoms in total. The highest BCUT2D eigenvalue weighted by Crippen LogP contribution is 2.38. The summed E-state index contributed by atoms with van der Waals surface area (Å²) >= 11 is 0. The van der Waals surface area contributed by atoms with Crippen LogP contribution in [0.2, 0.25) is 0 Å². The van der Waals surface area contributed by atoms with Gasteiger partial charge in [0.2, 0.25) is 0 Å². The molecule has 0 saturated heterocycles. The molecule has 4 aromatic rings. The van der Waals surface area contributed by atoms with Crippen LogP contribution in [0.4, 0.5) is 22.7 Å². The molecule has 0 bridgehead atoms. The summed E-state index contributed by atoms with van der Waals surface area (Å²) in [7, 11) is 0. The number of nitrogens with zero attached hydrogens (tertiary/aromatic N) is 2. The number of rotatable bonds is 6. The second-order valence-corrected chi connectivity index (χ2v) is 8.54. The van der Waals surface area contributed by atoms with Crippen molar-refractivity contribution in [1.82, 2.24) is 0 Å². The maximum Gasteiger partial charge on any atom is 0.0413 e. The third-order valence-electron chi connectivity index (χ3n) is 6.53. The first-order valence-electron chi connectivity index (χ1n) is 11.7. The zero-order valence-electron chi connectivity index (χ0n) is 18.4. The predicted octanol–water partition coefficient (Wildman–Crippen LogP) is 7.97. The summed E-state index contributed by atoms with van der Waals surface area (Å²) in [5, 5.41) is 0. The average molecular weight is 419 g/mol. The van der Waals surface area contributed by atoms with E-state index in [0.29, 0.717) is 12.1 Å². The van der Waals surface area contributed by atoms with Crippen LogP contribution in [0.1, 0.15) is 25.7 Å². The summed E-state index contributed by atoms with van der Waals surface area (Å²) < 4.78 is 0. The maximum atomic E-state index is 2.55. The Labute approximate surface area is 191 Å². The third kappa shape index (κ3) is 4.40. The van der Waals surface area contributed by atoms with E-state index in [0.717, 1.165) is 0 Å². The molecule has 0 atom stereocenters. The molecule has 2 heteroatoms. The highest BCUT2D eigenvalue weighted by molar-refractivity contribution is 5.66. The minimum atomic E-state index is 0.504. The van der Waals surface area contributed by atoms with Gasteiger partial charge in [-0.25, -0.2) is 0 Å². The van der Waals surface area contributed by atoms with Crippen LogP contribution in [0, 0.1) is 0 Å². The van der Waals surface area contributed by atoms with Gasteiger partial charge in [0.05, 0.1) is 0 Å². The Morgan fingerprint density at radius 1 is 0.344 bits per heavy atom. The van der Waals surface area contributed by atoms with E-state index in [1.54, 1.807) is 0 Å². The van der Waals surface area contributed by atoms with Gasteiger partial charge in [-0.2, -0.15) is 0 Å². The van der Waals surface area contributed by atoms with Crippen molar-refractivity contribution < 1.29 is 0 Å². The van der Waals surface area contributed by atoms with E-state index in [1.165, 1.54) is 48.4 Å². The lowest BCUT2D eigenvalue weighted by molar-refractivity contribution is 0.387. The summed E-state index contributed by atoms with van der Waals surface area (Å²) in [6, 6.07) is 44.4. The minimum Gasteiger partial charge on any atom is -0.338 e. The Kier molecular flexibility index (Phi) is 6.20. The first-order valence-corrected chi connectivity index (χ1v) is 11.7. The van der Waals surface area contributed by atoms with Crippen LogP contribution in [0.15, 0.2) is 121 Å². The lowest BCUT2D eigenvalue weighted by Crippen LogP contribution is -2.41. The molecular weight excluding hydrogens is 388 g/mol. The Hall–Kier alpha value is -3.52. The van der Waals surface area contributed by atoms with Gasteiger partial charge >= 0.3 is 0 Å². The minimum absolute atomic E-state index is 0.504. The summed E-state index contributed by atoms with van der Waals surface area (Å²) in [5.41, 5.74) is 5.13. The molecule has 0 amide bonds. The Balaban J connectivity index is 1.40. The number of hydrogen-bond acceptors (Lipinski definition) is 2. The molecule has 1 aliphatic carbocycles. The Morgan fingerprint density at radius 3 is 0.781 bits per heavy atom. The van der Waals surface area contributed by atoms with Gasteiger partial charge in [-0.15, -0.1) is 0 Å². The van der Waals surface area contributed by atoms with Crippen LogP contribution in [-0.4, -0.2) is 12.1 Å². The molecule has 0 radical (unpaired) electrons. The molecule has 0 N–H and O–H groups in total. The lowest BCUT2D eigenvalue weighted by atomic mass is 9.88. The number of para-hydroxylation sites is 4. The highest BCUT2D eigenvalue weighted by Gasteiger charge is 2.30. The largest absolute Gasteiger partial charge is 0.338 e. The maximum absolute atomic E-state index is 2.55. The molecule has 4 aromatic carbocycles. The van der Waals surface area contributed by atoms with Gasteiger partial charge in [0.15, 0.2) is 0 Å². The van der Waals surface area contributed by atoms with Gasteiger partial charge in [-0.05, 0) is 74.2 Å². The van der Waals surface area contributed by atoms with Crippen molar-refractivity contribution in [3.63, 3.8) is 0 Å². The molecule has 0 unspecified atom stereocenters.